The highest BCUT2D eigenvalue weighted by atomic mass is 16.7. The molecule has 0 aliphatic carbocycles. The minimum atomic E-state index is -1.61. The summed E-state index contributed by atoms with van der Waals surface area (Å²) in [6, 6.07) is -3.48. The maximum atomic E-state index is 13.6. The van der Waals surface area contributed by atoms with E-state index in [0.717, 1.165) is 55.4 Å². The predicted molar refractivity (Wildman–Crippen MR) is 500 cm³/mol. The van der Waals surface area contributed by atoms with Crippen LogP contribution >= 0.6 is 0 Å². The Morgan fingerprint density at radius 1 is 0.275 bits per heavy atom. The summed E-state index contributed by atoms with van der Waals surface area (Å²) in [4.78, 5) is 246. The van der Waals surface area contributed by atoms with Crippen molar-refractivity contribution in [3.8, 4) is 0 Å². The third-order valence-corrected chi connectivity index (χ3v) is 20.3. The second-order valence-corrected chi connectivity index (χ2v) is 33.2. The van der Waals surface area contributed by atoms with E-state index in [1.165, 1.54) is 20.8 Å². The number of esters is 8. The van der Waals surface area contributed by atoms with Crippen molar-refractivity contribution >= 4 is 119 Å². The van der Waals surface area contributed by atoms with Crippen molar-refractivity contribution in [1.82, 2.24) is 47.9 Å². The average molecular weight is 2150 g/mol. The number of carboxylic acids is 1. The van der Waals surface area contributed by atoms with Gasteiger partial charge in [-0.05, 0) is 19.3 Å². The molecule has 0 saturated carbocycles. The fourth-order valence-electron chi connectivity index (χ4n) is 14.0. The van der Waals surface area contributed by atoms with Crippen LogP contribution in [0.1, 0.15) is 147 Å². The van der Waals surface area contributed by atoms with Crippen molar-refractivity contribution in [2.45, 2.75) is 244 Å². The van der Waals surface area contributed by atoms with Gasteiger partial charge in [-0.25, -0.2) is 0 Å². The van der Waals surface area contributed by atoms with Crippen LogP contribution < -0.4 is 47.9 Å². The zero-order chi connectivity index (χ0) is 110. The molecule has 3 fully saturated rings. The molecule has 0 aromatic carbocycles. The molecular formula is C92H149N9O48. The molecule has 0 aromatic rings. The van der Waals surface area contributed by atoms with E-state index in [2.05, 4.69) is 47.9 Å². The molecule has 3 aliphatic heterocycles. The van der Waals surface area contributed by atoms with Crippen molar-refractivity contribution in [3.05, 3.63) is 0 Å². The molecule has 850 valence electrons. The Bertz CT molecular complexity index is 4050. The third kappa shape index (κ3) is 63.0. The van der Waals surface area contributed by atoms with Crippen molar-refractivity contribution in [1.29, 1.82) is 0 Å². The molecule has 3 heterocycles. The third-order valence-electron chi connectivity index (χ3n) is 20.3. The monoisotopic (exact) mass is 2150 g/mol. The topological polar surface area (TPSA) is 719 Å². The van der Waals surface area contributed by atoms with Gasteiger partial charge in [0.25, 0.3) is 6.47 Å². The summed E-state index contributed by atoms with van der Waals surface area (Å²) < 4.78 is 151. The number of imide groups is 1. The van der Waals surface area contributed by atoms with Gasteiger partial charge in [0.15, 0.2) is 55.5 Å². The van der Waals surface area contributed by atoms with E-state index in [1.54, 1.807) is 0 Å². The van der Waals surface area contributed by atoms with Crippen molar-refractivity contribution in [2.24, 2.45) is 0 Å². The summed E-state index contributed by atoms with van der Waals surface area (Å²) in [5.74, 6) is -12.3. The van der Waals surface area contributed by atoms with Crippen LogP contribution in [0.15, 0.2) is 0 Å². The van der Waals surface area contributed by atoms with E-state index in [0.29, 0.717) is 12.8 Å². The van der Waals surface area contributed by atoms with Gasteiger partial charge in [0, 0.05) is 141 Å². The molecular weight excluding hydrogens is 2000 g/mol. The smallest absolute Gasteiger partial charge is 0.303 e. The standard InChI is InChI=1S/C92H149N9O48/c1-58(103)97-80-86(141-57-102)83(142-64(7)109)69(51-138-61(4)106)147-89(80)135-48-45-129-42-39-126-36-33-123-27-17-72(114)93-23-13-25-95-74(116)19-30-132-54-92(101-78(120)15-12-16-79(121)122,56-134-32-22-77(119)100-76(118)21-29-125-35-38-128-41-44-131-47-50-137-91-82(99-60(3)105)88(146-68(11)113)85(144-66(9)111)71(149-91)53-140-63(6)108)55-133-31-20-75(117)96-26-14-24-94-73(115)18-28-124-34-37-127-40-43-130-46-49-136-90-81(98-59(2)104)87(145-67(10)112)84(143-65(8)110)70(148-90)52-139-62(5)107/h57,69-71,80-91H,12-56H2,1-11H3,(H,93,114)(H,94,115)(H,95,116)(H,96,117)(H,97,103)(H,98,104)(H,99,105)(H,101,120)(H,121,122)(H,100,118,119)/t69?,70?,71?,80?,81?,82?,83-,84-,85-,86?,87?,88?,89+,90+,91+,92?/m0/s1. The first kappa shape index (κ1) is 132. The Labute approximate surface area is 861 Å². The van der Waals surface area contributed by atoms with Crippen molar-refractivity contribution in [2.75, 3.05) is 224 Å². The number of ether oxygens (including phenoxy) is 27. The Kier molecular flexibility index (Phi) is 70.0. The Morgan fingerprint density at radius 3 is 0.785 bits per heavy atom. The molecule has 0 bridgehead atoms. The highest BCUT2D eigenvalue weighted by Crippen LogP contribution is 2.32. The summed E-state index contributed by atoms with van der Waals surface area (Å²) >= 11 is 0. The summed E-state index contributed by atoms with van der Waals surface area (Å²) in [5.41, 5.74) is -1.61. The second kappa shape index (κ2) is 79.0. The van der Waals surface area contributed by atoms with Gasteiger partial charge in [-0.2, -0.15) is 0 Å². The highest BCUT2D eigenvalue weighted by Gasteiger charge is 2.55. The number of carboxylic acid groups (broad SMARTS) is 1. The van der Waals surface area contributed by atoms with Gasteiger partial charge in [0.1, 0.15) is 61.8 Å². The Morgan fingerprint density at radius 2 is 0.523 bits per heavy atom. The van der Waals surface area contributed by atoms with E-state index in [1.807, 2.05) is 0 Å². The zero-order valence-corrected chi connectivity index (χ0v) is 86.2. The largest absolute Gasteiger partial charge is 0.481 e. The first-order valence-electron chi connectivity index (χ1n) is 48.5. The highest BCUT2D eigenvalue weighted by molar-refractivity contribution is 5.95. The van der Waals surface area contributed by atoms with Gasteiger partial charge in [0.2, 0.25) is 59.1 Å². The molecule has 10 unspecified atom stereocenters. The minimum absolute atomic E-state index is 0.0137. The van der Waals surface area contributed by atoms with Gasteiger partial charge in [-0.3, -0.25) is 101 Å². The van der Waals surface area contributed by atoms with Crippen LogP contribution in [0.4, 0.5) is 0 Å². The van der Waals surface area contributed by atoms with Gasteiger partial charge in [-0.15, -0.1) is 0 Å². The summed E-state index contributed by atoms with van der Waals surface area (Å²) in [6.45, 7) is 11.4. The van der Waals surface area contributed by atoms with Crippen LogP contribution in [0.2, 0.25) is 0 Å². The lowest BCUT2D eigenvalue weighted by Gasteiger charge is -2.44. The van der Waals surface area contributed by atoms with E-state index < -0.39 is 238 Å². The van der Waals surface area contributed by atoms with E-state index in [4.69, 9.17) is 128 Å². The van der Waals surface area contributed by atoms with Crippen LogP contribution in [0.5, 0.6) is 0 Å². The summed E-state index contributed by atoms with van der Waals surface area (Å²) in [7, 11) is 0. The minimum Gasteiger partial charge on any atom is -0.481 e. The predicted octanol–water partition coefficient (Wildman–Crippen LogP) is -4.85. The molecule has 3 saturated heterocycles. The zero-order valence-electron chi connectivity index (χ0n) is 86.2. The van der Waals surface area contributed by atoms with Crippen molar-refractivity contribution in [3.63, 3.8) is 0 Å². The molecule has 3 rings (SSSR count). The van der Waals surface area contributed by atoms with Gasteiger partial charge in [0.05, 0.1) is 191 Å². The number of amides is 10. The van der Waals surface area contributed by atoms with Crippen LogP contribution in [0.3, 0.4) is 0 Å². The number of hydrogen-bond acceptors (Lipinski definition) is 47. The number of carbonyl (C=O) groups is 20. The first-order valence-corrected chi connectivity index (χ1v) is 48.5. The fraction of sp³-hybridized carbons (Fsp3) is 0.783. The molecule has 57 heteroatoms. The van der Waals surface area contributed by atoms with Crippen LogP contribution in [-0.2, 0) is 224 Å². The Hall–Kier alpha value is -11.1. The number of rotatable bonds is 83. The van der Waals surface area contributed by atoms with Crippen LogP contribution in [0, 0.1) is 0 Å². The number of aliphatic carboxylic acids is 1. The molecule has 10 N–H and O–H groups in total. The van der Waals surface area contributed by atoms with Gasteiger partial charge >= 0.3 is 53.7 Å². The molecule has 0 radical (unpaired) electrons. The number of carbonyl (C=O) groups excluding carboxylic acids is 19. The molecule has 0 spiro atoms. The SMILES string of the molecule is CC(=O)NC1C(OC=O)[C@@H](OC(C)=O)C(COC(C)=O)O[C@H]1OCCOCCOCCOCCC(=O)NCCCNC(=O)CCOCC(COCCC(=O)NCCCNC(=O)CCOCCOCCOCCO[C@@H]1OC(COC(C)=O)[C@H](OC(C)=O)C(OC(C)=O)C1NC(C)=O)(COCCC(=O)NC(=O)CCOCCOCCOCCO[C@@H]1OC(COC(C)=O)[C@H](OC(C)=O)C(OC(C)=O)C1NC(C)=O)NC(=O)CCCC(=O)O. The molecule has 0 aromatic heterocycles. The fourth-order valence-corrected chi connectivity index (χ4v) is 14.0. The summed E-state index contributed by atoms with van der Waals surface area (Å²) in [6.07, 6.45) is -16.1. The molecule has 57 nitrogen and oxygen atoms in total. The second-order valence-electron chi connectivity index (χ2n) is 33.2. The lowest BCUT2D eigenvalue weighted by molar-refractivity contribution is -0.279. The maximum absolute atomic E-state index is 13.6. The number of hydrogen-bond donors (Lipinski definition) is 10. The summed E-state index contributed by atoms with van der Waals surface area (Å²) in [5, 5.41) is 33.1. The maximum Gasteiger partial charge on any atom is 0.303 e. The van der Waals surface area contributed by atoms with E-state index in [-0.39, 0.29) is 261 Å². The van der Waals surface area contributed by atoms with Crippen molar-refractivity contribution < 1.29 is 229 Å². The molecule has 16 atom stereocenters. The molecule has 3 aliphatic rings. The van der Waals surface area contributed by atoms with E-state index >= 15 is 0 Å². The van der Waals surface area contributed by atoms with Crippen LogP contribution in [-0.4, -0.2) is 446 Å². The van der Waals surface area contributed by atoms with Gasteiger partial charge < -0.3 is 176 Å². The number of nitrogens with one attached hydrogen (secondary N) is 9. The first-order chi connectivity index (χ1) is 71.2. The van der Waals surface area contributed by atoms with E-state index in [9.17, 15) is 101 Å². The Balaban J connectivity index is 1.48. The average Bonchev–Trinajstić information content (AvgIpc) is 0.788. The quantitative estimate of drug-likeness (QED) is 0.0118. The molecule has 10 amide bonds. The molecule has 149 heavy (non-hydrogen) atoms. The normalized spacial score (nSPS) is 20.7. The lowest BCUT2D eigenvalue weighted by atomic mass is 9.96. The van der Waals surface area contributed by atoms with Gasteiger partial charge in [-0.1, -0.05) is 0 Å². The van der Waals surface area contributed by atoms with Crippen LogP contribution in [0.25, 0.3) is 0 Å². The lowest BCUT2D eigenvalue weighted by Crippen LogP contribution is -2.66.